The van der Waals surface area contributed by atoms with E-state index in [0.29, 0.717) is 16.7 Å². The van der Waals surface area contributed by atoms with Crippen LogP contribution in [0.4, 0.5) is 17.6 Å². The van der Waals surface area contributed by atoms with Crippen LogP contribution in [-0.4, -0.2) is 78.8 Å². The lowest BCUT2D eigenvalue weighted by molar-refractivity contribution is -0.274. The molecule has 0 bridgehead atoms. The van der Waals surface area contributed by atoms with Crippen molar-refractivity contribution in [2.75, 3.05) is 24.6 Å². The van der Waals surface area contributed by atoms with Crippen molar-refractivity contribution in [3.63, 3.8) is 0 Å². The third kappa shape index (κ3) is 6.97. The average Bonchev–Trinajstić information content (AvgIpc) is 3.39. The monoisotopic (exact) mass is 612 g/mol. The number of hydrogen-bond acceptors (Lipinski definition) is 7. The fraction of sp³-hybridized carbons (Fsp3) is 0.370. The average molecular weight is 613 g/mol. The van der Waals surface area contributed by atoms with Crippen molar-refractivity contribution in [3.05, 3.63) is 66.0 Å². The molecule has 3 aromatic rings. The van der Waals surface area contributed by atoms with Crippen LogP contribution in [0.25, 0.3) is 11.1 Å². The summed E-state index contributed by atoms with van der Waals surface area (Å²) >= 11 is 0. The normalized spacial score (nSPS) is 21.3. The van der Waals surface area contributed by atoms with Crippen molar-refractivity contribution < 1.29 is 45.7 Å². The molecule has 15 heteroatoms. The van der Waals surface area contributed by atoms with Crippen LogP contribution in [0.15, 0.2) is 54.9 Å². The number of carbonyl (C=O) groups is 2. The molecule has 10 nitrogen and oxygen atoms in total. The van der Waals surface area contributed by atoms with E-state index in [4.69, 9.17) is 10.5 Å². The number of piperidine rings is 1. The number of nitrogens with two attached hydrogens (primary N) is 1. The van der Waals surface area contributed by atoms with Gasteiger partial charge in [0.15, 0.2) is 6.17 Å². The Morgan fingerprint density at radius 2 is 1.81 bits per heavy atom. The Morgan fingerprint density at radius 3 is 2.43 bits per heavy atom. The first-order valence-electron chi connectivity index (χ1n) is 12.9. The molecule has 0 unspecified atom stereocenters. The molecule has 0 radical (unpaired) electrons. The Balaban J connectivity index is 1.19. The van der Waals surface area contributed by atoms with Crippen LogP contribution in [-0.2, 0) is 11.2 Å². The third-order valence-corrected chi connectivity index (χ3v) is 8.93. The second-order valence-corrected chi connectivity index (χ2v) is 12.5. The van der Waals surface area contributed by atoms with Crippen LogP contribution in [0.1, 0.15) is 28.4 Å². The summed E-state index contributed by atoms with van der Waals surface area (Å²) in [7, 11) is -2.53. The Kier molecular flexibility index (Phi) is 8.09. The van der Waals surface area contributed by atoms with Gasteiger partial charge in [0.2, 0.25) is 5.91 Å². The van der Waals surface area contributed by atoms with E-state index >= 15 is 4.39 Å². The van der Waals surface area contributed by atoms with Crippen LogP contribution in [0.2, 0.25) is 0 Å². The number of nitrogens with zero attached hydrogens (tertiary/aromatic N) is 3. The lowest BCUT2D eigenvalue weighted by Gasteiger charge is -2.46. The van der Waals surface area contributed by atoms with Gasteiger partial charge in [-0.1, -0.05) is 18.2 Å². The highest BCUT2D eigenvalue weighted by Crippen LogP contribution is 2.53. The zero-order valence-electron chi connectivity index (χ0n) is 22.0. The number of benzene rings is 2. The molecule has 2 amide bonds. The number of rotatable bonds is 8. The fourth-order valence-corrected chi connectivity index (χ4v) is 6.35. The highest BCUT2D eigenvalue weighted by atomic mass is 32.3. The summed E-state index contributed by atoms with van der Waals surface area (Å²) in [6.07, 6.45) is -4.01. The molecule has 2 fully saturated rings. The predicted molar refractivity (Wildman–Crippen MR) is 145 cm³/mol. The molecule has 2 aliphatic heterocycles. The molecule has 0 spiro atoms. The molecule has 2 aliphatic rings. The number of hydrogen-bond donors (Lipinski definition) is 3. The minimum Gasteiger partial charge on any atom is -0.486 e. The van der Waals surface area contributed by atoms with Crippen LogP contribution in [0, 0.1) is 0 Å². The Bertz CT molecular complexity index is 1460. The van der Waals surface area contributed by atoms with E-state index in [9.17, 15) is 31.9 Å². The molecule has 0 aliphatic carbocycles. The Labute approximate surface area is 239 Å². The zero-order chi connectivity index (χ0) is 30.2. The van der Waals surface area contributed by atoms with E-state index < -0.39 is 46.8 Å². The van der Waals surface area contributed by atoms with E-state index in [1.54, 1.807) is 23.1 Å². The van der Waals surface area contributed by atoms with E-state index in [1.165, 1.54) is 29.2 Å². The first-order valence-corrected chi connectivity index (χ1v) is 14.8. The molecule has 42 heavy (non-hydrogen) atoms. The standard InChI is InChI=1S/C27H28F4N4O6S/c28-22-13-34(25(36)9-16-1-4-20(5-2-16)41-27(29,30)31)8-7-24(22)40-23-6-3-17(10-21(23)26(32)37)18-11-33-35(12-18)19-14-42(38,39)15-19/h1-6,10-12,19,22,24,38-39H,7-9,13-15H2,(H2,32,37)/t22-,24+/m0/s1. The lowest BCUT2D eigenvalue weighted by Crippen LogP contribution is -2.49. The topological polar surface area (TPSA) is 140 Å². The SMILES string of the molecule is NC(=O)c1cc(-c2cnn(C3CS(O)(O)C3)c2)ccc1O[C@@H]1CCN(C(=O)Cc2ccc(OC(F)(F)F)cc2)C[C@@H]1F. The van der Waals surface area contributed by atoms with E-state index in [0.717, 1.165) is 12.1 Å². The van der Waals surface area contributed by atoms with Crippen molar-refractivity contribution in [2.45, 2.75) is 37.5 Å². The van der Waals surface area contributed by atoms with Gasteiger partial charge < -0.3 is 20.1 Å². The van der Waals surface area contributed by atoms with Gasteiger partial charge in [0.1, 0.15) is 17.6 Å². The molecule has 2 saturated heterocycles. The minimum absolute atomic E-state index is 0.0433. The van der Waals surface area contributed by atoms with Gasteiger partial charge in [-0.3, -0.25) is 23.4 Å². The van der Waals surface area contributed by atoms with Crippen molar-refractivity contribution in [3.8, 4) is 22.6 Å². The Morgan fingerprint density at radius 1 is 1.10 bits per heavy atom. The third-order valence-electron chi connectivity index (χ3n) is 7.10. The second-order valence-electron chi connectivity index (χ2n) is 10.2. The second kappa shape index (κ2) is 11.5. The summed E-state index contributed by atoms with van der Waals surface area (Å²) in [6, 6.07) is 9.47. The van der Waals surface area contributed by atoms with Crippen LogP contribution in [0.3, 0.4) is 0 Å². The quantitative estimate of drug-likeness (QED) is 0.320. The largest absolute Gasteiger partial charge is 0.573 e. The number of halogens is 4. The maximum absolute atomic E-state index is 15.1. The maximum atomic E-state index is 15.1. The van der Waals surface area contributed by atoms with Gasteiger partial charge in [0.05, 0.1) is 42.3 Å². The van der Waals surface area contributed by atoms with Gasteiger partial charge in [-0.25, -0.2) is 4.39 Å². The van der Waals surface area contributed by atoms with Crippen molar-refractivity contribution in [1.29, 1.82) is 0 Å². The molecule has 4 N–H and O–H groups in total. The van der Waals surface area contributed by atoms with Gasteiger partial charge in [0.25, 0.3) is 5.91 Å². The molecule has 1 aromatic heterocycles. The summed E-state index contributed by atoms with van der Waals surface area (Å²) in [6.45, 7) is -0.0814. The number of amides is 2. The minimum atomic E-state index is -4.82. The van der Waals surface area contributed by atoms with E-state index in [-0.39, 0.29) is 54.8 Å². The number of carbonyl (C=O) groups excluding carboxylic acids is 2. The van der Waals surface area contributed by atoms with Crippen molar-refractivity contribution in [1.82, 2.24) is 14.7 Å². The first kappa shape index (κ1) is 29.7. The number of likely N-dealkylation sites (tertiary alicyclic amines) is 1. The van der Waals surface area contributed by atoms with Gasteiger partial charge >= 0.3 is 6.36 Å². The smallest absolute Gasteiger partial charge is 0.486 e. The molecule has 2 atom stereocenters. The molecule has 0 saturated carbocycles. The fourth-order valence-electron chi connectivity index (χ4n) is 4.91. The van der Waals surface area contributed by atoms with Crippen molar-refractivity contribution >= 4 is 22.4 Å². The summed E-state index contributed by atoms with van der Waals surface area (Å²) in [5.74, 6) is -1.02. The number of alkyl halides is 4. The molecular weight excluding hydrogens is 584 g/mol. The zero-order valence-corrected chi connectivity index (χ0v) is 22.9. The summed E-state index contributed by atoms with van der Waals surface area (Å²) < 4.78 is 82.8. The molecule has 5 rings (SSSR count). The van der Waals surface area contributed by atoms with Gasteiger partial charge in [-0.05, 0) is 35.4 Å². The first-order chi connectivity index (χ1) is 19.8. The van der Waals surface area contributed by atoms with Crippen molar-refractivity contribution in [2.24, 2.45) is 5.73 Å². The van der Waals surface area contributed by atoms with Gasteiger partial charge in [-0.15, -0.1) is 13.2 Å². The Hall–Kier alpha value is -3.82. The predicted octanol–water partition coefficient (Wildman–Crippen LogP) is 4.41. The highest BCUT2D eigenvalue weighted by Gasteiger charge is 2.36. The van der Waals surface area contributed by atoms with E-state index in [1.807, 2.05) is 0 Å². The number of aromatic nitrogens is 2. The van der Waals surface area contributed by atoms with Crippen LogP contribution >= 0.6 is 10.6 Å². The molecule has 3 heterocycles. The summed E-state index contributed by atoms with van der Waals surface area (Å²) in [4.78, 5) is 26.3. The molecule has 226 valence electrons. The van der Waals surface area contributed by atoms with Crippen LogP contribution < -0.4 is 15.2 Å². The van der Waals surface area contributed by atoms with Gasteiger partial charge in [0, 0.05) is 24.7 Å². The molecule has 2 aromatic carbocycles. The number of primary amides is 1. The number of ether oxygens (including phenoxy) is 2. The maximum Gasteiger partial charge on any atom is 0.573 e. The summed E-state index contributed by atoms with van der Waals surface area (Å²) in [5.41, 5.74) is 7.36. The van der Waals surface area contributed by atoms with Gasteiger partial charge in [-0.2, -0.15) is 15.7 Å². The lowest BCUT2D eigenvalue weighted by atomic mass is 10.0. The van der Waals surface area contributed by atoms with Crippen LogP contribution in [0.5, 0.6) is 11.5 Å². The van der Waals surface area contributed by atoms with E-state index in [2.05, 4.69) is 9.84 Å². The summed E-state index contributed by atoms with van der Waals surface area (Å²) in [5, 5.41) is 4.28. The highest BCUT2D eigenvalue weighted by molar-refractivity contribution is 8.25. The molecular formula is C27H28F4N4O6S.